The minimum atomic E-state index is 0.274. The van der Waals surface area contributed by atoms with Gasteiger partial charge in [0, 0.05) is 6.04 Å². The molecule has 0 amide bonds. The number of fused-ring (bicyclic) bond motifs is 1. The van der Waals surface area contributed by atoms with Crippen molar-refractivity contribution < 1.29 is 0 Å². The van der Waals surface area contributed by atoms with Crippen LogP contribution in [0.5, 0.6) is 0 Å². The number of anilines is 2. The van der Waals surface area contributed by atoms with Gasteiger partial charge in [-0.05, 0) is 18.3 Å². The van der Waals surface area contributed by atoms with Gasteiger partial charge >= 0.3 is 0 Å². The number of nitrogens with zero attached hydrogens (tertiary/aromatic N) is 3. The third kappa shape index (κ3) is 2.22. The summed E-state index contributed by atoms with van der Waals surface area (Å²) in [5.41, 5.74) is 6.43. The molecule has 0 aliphatic heterocycles. The second-order valence-electron chi connectivity index (χ2n) is 5.58. The number of nitrogen functional groups attached to an aromatic ring is 1. The fourth-order valence-electron chi connectivity index (χ4n) is 2.92. The largest absolute Gasteiger partial charge is 0.368 e. The number of hydrogen-bond acceptors (Lipinski definition) is 5. The van der Waals surface area contributed by atoms with Gasteiger partial charge in [0.25, 0.3) is 0 Å². The smallest absolute Gasteiger partial charge is 0.224 e. The molecule has 0 spiro atoms. The number of hydrogen-bond donors (Lipinski definition) is 3. The molecule has 1 fully saturated rings. The minimum absolute atomic E-state index is 0.274. The number of aromatic nitrogens is 4. The number of nitrogens with one attached hydrogen (secondary N) is 2. The third-order valence-corrected chi connectivity index (χ3v) is 4.36. The maximum Gasteiger partial charge on any atom is 0.224 e. The van der Waals surface area contributed by atoms with Crippen molar-refractivity contribution in [3.8, 4) is 0 Å². The maximum absolute atomic E-state index is 5.74. The fraction of sp³-hybridized carbons (Fsp3) is 0.615. The van der Waals surface area contributed by atoms with Crippen LogP contribution in [0, 0.1) is 11.8 Å². The SMILES string of the molecule is CC1CCCC(Nc2nc(N)nc3[nH]ncc23)C1C. The van der Waals surface area contributed by atoms with E-state index in [-0.39, 0.29) is 5.95 Å². The summed E-state index contributed by atoms with van der Waals surface area (Å²) in [6.07, 6.45) is 5.49. The van der Waals surface area contributed by atoms with Crippen LogP contribution in [-0.2, 0) is 0 Å². The molecule has 1 aliphatic rings. The second kappa shape index (κ2) is 4.68. The lowest BCUT2D eigenvalue weighted by atomic mass is 9.78. The predicted octanol–water partition coefficient (Wildman–Crippen LogP) is 2.17. The molecule has 0 bridgehead atoms. The number of rotatable bonds is 2. The van der Waals surface area contributed by atoms with Crippen molar-refractivity contribution in [1.29, 1.82) is 0 Å². The summed E-state index contributed by atoms with van der Waals surface area (Å²) in [7, 11) is 0. The average Bonchev–Trinajstić information content (AvgIpc) is 2.83. The first-order chi connectivity index (χ1) is 9.15. The van der Waals surface area contributed by atoms with Gasteiger partial charge in [0.1, 0.15) is 5.82 Å². The lowest BCUT2D eigenvalue weighted by molar-refractivity contribution is 0.253. The van der Waals surface area contributed by atoms with Crippen LogP contribution in [0.2, 0.25) is 0 Å². The first kappa shape index (κ1) is 12.2. The van der Waals surface area contributed by atoms with Gasteiger partial charge < -0.3 is 11.1 Å². The van der Waals surface area contributed by atoms with Crippen molar-refractivity contribution in [2.75, 3.05) is 11.1 Å². The molecular weight excluding hydrogens is 240 g/mol. The molecule has 3 atom stereocenters. The van der Waals surface area contributed by atoms with Crippen LogP contribution in [0.3, 0.4) is 0 Å². The fourth-order valence-corrected chi connectivity index (χ4v) is 2.92. The molecule has 102 valence electrons. The summed E-state index contributed by atoms with van der Waals surface area (Å²) >= 11 is 0. The summed E-state index contributed by atoms with van der Waals surface area (Å²) < 4.78 is 0. The zero-order chi connectivity index (χ0) is 13.4. The van der Waals surface area contributed by atoms with E-state index in [0.717, 1.165) is 17.1 Å². The highest BCUT2D eigenvalue weighted by Crippen LogP contribution is 2.32. The van der Waals surface area contributed by atoms with Gasteiger partial charge in [-0.2, -0.15) is 15.1 Å². The van der Waals surface area contributed by atoms with Crippen molar-refractivity contribution >= 4 is 22.8 Å². The first-order valence-electron chi connectivity index (χ1n) is 6.88. The van der Waals surface area contributed by atoms with Gasteiger partial charge in [-0.15, -0.1) is 0 Å². The Morgan fingerprint density at radius 1 is 1.32 bits per heavy atom. The molecule has 6 heteroatoms. The van der Waals surface area contributed by atoms with Crippen molar-refractivity contribution in [2.45, 2.75) is 39.2 Å². The van der Waals surface area contributed by atoms with Crippen LogP contribution in [-0.4, -0.2) is 26.2 Å². The van der Waals surface area contributed by atoms with E-state index in [0.29, 0.717) is 17.6 Å². The molecule has 0 aromatic carbocycles. The average molecular weight is 260 g/mol. The van der Waals surface area contributed by atoms with E-state index in [1.807, 2.05) is 0 Å². The number of nitrogens with two attached hydrogens (primary N) is 1. The molecule has 2 aromatic heterocycles. The molecule has 1 aliphatic carbocycles. The van der Waals surface area contributed by atoms with E-state index in [1.165, 1.54) is 19.3 Å². The van der Waals surface area contributed by atoms with E-state index in [4.69, 9.17) is 5.73 Å². The van der Waals surface area contributed by atoms with Gasteiger partial charge in [-0.1, -0.05) is 26.7 Å². The van der Waals surface area contributed by atoms with Crippen molar-refractivity contribution in [3.63, 3.8) is 0 Å². The van der Waals surface area contributed by atoms with Crippen LogP contribution in [0.15, 0.2) is 6.20 Å². The Morgan fingerprint density at radius 2 is 2.16 bits per heavy atom. The lowest BCUT2D eigenvalue weighted by Crippen LogP contribution is -2.35. The zero-order valence-electron chi connectivity index (χ0n) is 11.3. The Kier molecular flexibility index (Phi) is 3.00. The molecule has 6 nitrogen and oxygen atoms in total. The first-order valence-corrected chi connectivity index (χ1v) is 6.88. The van der Waals surface area contributed by atoms with Gasteiger partial charge in [0.05, 0.1) is 11.6 Å². The molecule has 3 unspecified atom stereocenters. The van der Waals surface area contributed by atoms with Crippen molar-refractivity contribution in [1.82, 2.24) is 20.2 Å². The highest BCUT2D eigenvalue weighted by molar-refractivity contribution is 5.86. The quantitative estimate of drug-likeness (QED) is 0.769. The summed E-state index contributed by atoms with van der Waals surface area (Å²) in [6, 6.07) is 0.441. The van der Waals surface area contributed by atoms with Gasteiger partial charge in [0.15, 0.2) is 5.65 Å². The molecule has 0 saturated heterocycles. The molecule has 1 saturated carbocycles. The predicted molar refractivity (Wildman–Crippen MR) is 75.7 cm³/mol. The van der Waals surface area contributed by atoms with Crippen LogP contribution >= 0.6 is 0 Å². The topological polar surface area (TPSA) is 92.5 Å². The Bertz CT molecular complexity index is 578. The number of H-pyrrole nitrogens is 1. The second-order valence-corrected chi connectivity index (χ2v) is 5.58. The van der Waals surface area contributed by atoms with Crippen molar-refractivity contribution in [2.24, 2.45) is 11.8 Å². The highest BCUT2D eigenvalue weighted by atomic mass is 15.2. The molecular formula is C13H20N6. The van der Waals surface area contributed by atoms with E-state index in [9.17, 15) is 0 Å². The summed E-state index contributed by atoms with van der Waals surface area (Å²) in [4.78, 5) is 8.45. The maximum atomic E-state index is 5.74. The van der Waals surface area contributed by atoms with Crippen LogP contribution in [0.1, 0.15) is 33.1 Å². The van der Waals surface area contributed by atoms with E-state index >= 15 is 0 Å². The highest BCUT2D eigenvalue weighted by Gasteiger charge is 2.27. The summed E-state index contributed by atoms with van der Waals surface area (Å²) in [5, 5.41) is 11.3. The zero-order valence-corrected chi connectivity index (χ0v) is 11.3. The molecule has 3 rings (SSSR count). The van der Waals surface area contributed by atoms with E-state index in [1.54, 1.807) is 6.20 Å². The Morgan fingerprint density at radius 3 is 3.00 bits per heavy atom. The summed E-state index contributed by atoms with van der Waals surface area (Å²) in [5.74, 6) is 2.44. The van der Waals surface area contributed by atoms with Gasteiger partial charge in [-0.25, -0.2) is 0 Å². The van der Waals surface area contributed by atoms with Gasteiger partial charge in [-0.3, -0.25) is 5.10 Å². The normalized spacial score (nSPS) is 27.6. The Hall–Kier alpha value is -1.85. The lowest BCUT2D eigenvalue weighted by Gasteiger charge is -2.35. The van der Waals surface area contributed by atoms with Crippen LogP contribution in [0.4, 0.5) is 11.8 Å². The molecule has 2 heterocycles. The molecule has 4 N–H and O–H groups in total. The Balaban J connectivity index is 1.90. The van der Waals surface area contributed by atoms with Crippen molar-refractivity contribution in [3.05, 3.63) is 6.20 Å². The van der Waals surface area contributed by atoms with E-state index in [2.05, 4.69) is 39.3 Å². The molecule has 19 heavy (non-hydrogen) atoms. The van der Waals surface area contributed by atoms with E-state index < -0.39 is 0 Å². The minimum Gasteiger partial charge on any atom is -0.368 e. The molecule has 0 radical (unpaired) electrons. The standard InChI is InChI=1S/C13H20N6/c1-7-4-3-5-10(8(7)2)16-11-9-6-15-19-12(9)18-13(14)17-11/h6-8,10H,3-5H2,1-2H3,(H4,14,15,16,17,18,19). The number of aromatic amines is 1. The van der Waals surface area contributed by atoms with Crippen LogP contribution < -0.4 is 11.1 Å². The van der Waals surface area contributed by atoms with Gasteiger partial charge in [0.2, 0.25) is 5.95 Å². The third-order valence-electron chi connectivity index (χ3n) is 4.36. The summed E-state index contributed by atoms with van der Waals surface area (Å²) in [6.45, 7) is 4.62. The van der Waals surface area contributed by atoms with Crippen LogP contribution in [0.25, 0.3) is 11.0 Å². The monoisotopic (exact) mass is 260 g/mol. The molecule has 2 aromatic rings. The Labute approximate surface area is 112 Å².